The molecule has 4 unspecified atom stereocenters. The van der Waals surface area contributed by atoms with E-state index in [9.17, 15) is 29.4 Å². The lowest BCUT2D eigenvalue weighted by Crippen LogP contribution is -2.34. The van der Waals surface area contributed by atoms with Crippen molar-refractivity contribution in [2.45, 2.75) is 51.4 Å². The van der Waals surface area contributed by atoms with Crippen LogP contribution in [-0.2, 0) is 42.9 Å². The summed E-state index contributed by atoms with van der Waals surface area (Å²) in [6.07, 6.45) is 5.40. The molecule has 200 valence electrons. The minimum atomic E-state index is -0.946. The van der Waals surface area contributed by atoms with E-state index >= 15 is 0 Å². The zero-order valence-corrected chi connectivity index (χ0v) is 20.2. The summed E-state index contributed by atoms with van der Waals surface area (Å²) in [5.41, 5.74) is 0. The molecular formula is C24H38O11. The van der Waals surface area contributed by atoms with Gasteiger partial charge >= 0.3 is 23.9 Å². The van der Waals surface area contributed by atoms with E-state index in [4.69, 9.17) is 23.7 Å². The lowest BCUT2D eigenvalue weighted by Gasteiger charge is -2.26. The van der Waals surface area contributed by atoms with Gasteiger partial charge in [-0.1, -0.05) is 25.7 Å². The van der Waals surface area contributed by atoms with Crippen molar-refractivity contribution in [2.75, 3.05) is 52.9 Å². The summed E-state index contributed by atoms with van der Waals surface area (Å²) >= 11 is 0. The number of rotatable bonds is 16. The molecule has 35 heavy (non-hydrogen) atoms. The van der Waals surface area contributed by atoms with E-state index in [-0.39, 0.29) is 26.4 Å². The molecule has 2 aliphatic rings. The second kappa shape index (κ2) is 16.4. The van der Waals surface area contributed by atoms with Gasteiger partial charge in [-0.25, -0.2) is 0 Å². The highest BCUT2D eigenvalue weighted by Gasteiger charge is 2.37. The number of hydrogen-bond donors (Lipinski definition) is 2. The molecule has 0 heterocycles. The van der Waals surface area contributed by atoms with Crippen LogP contribution >= 0.6 is 0 Å². The fourth-order valence-corrected chi connectivity index (χ4v) is 4.58. The summed E-state index contributed by atoms with van der Waals surface area (Å²) in [4.78, 5) is 46.8. The van der Waals surface area contributed by atoms with Gasteiger partial charge < -0.3 is 33.9 Å². The Labute approximate surface area is 205 Å². The average molecular weight is 503 g/mol. The normalized spacial score (nSPS) is 24.5. The summed E-state index contributed by atoms with van der Waals surface area (Å²) < 4.78 is 26.4. The maximum absolute atomic E-state index is 12.1. The monoisotopic (exact) mass is 502 g/mol. The molecule has 0 saturated heterocycles. The Morgan fingerprint density at radius 1 is 0.486 bits per heavy atom. The third kappa shape index (κ3) is 10.5. The molecule has 4 atom stereocenters. The minimum absolute atomic E-state index is 0.0670. The maximum Gasteiger partial charge on any atom is 0.309 e. The Hall–Kier alpha value is -2.24. The topological polar surface area (TPSA) is 155 Å². The van der Waals surface area contributed by atoms with Crippen molar-refractivity contribution in [1.82, 2.24) is 0 Å². The number of aliphatic carboxylic acids is 2. The number of carbonyl (C=O) groups excluding carboxylic acids is 2. The fourth-order valence-electron chi connectivity index (χ4n) is 4.58. The predicted octanol–water partition coefficient (Wildman–Crippen LogP) is 1.90. The van der Waals surface area contributed by atoms with E-state index in [1.54, 1.807) is 0 Å². The Morgan fingerprint density at radius 2 is 0.771 bits per heavy atom. The van der Waals surface area contributed by atoms with Gasteiger partial charge in [0.15, 0.2) is 0 Å². The molecular weight excluding hydrogens is 464 g/mol. The van der Waals surface area contributed by atoms with Crippen molar-refractivity contribution in [1.29, 1.82) is 0 Å². The molecule has 0 aromatic heterocycles. The van der Waals surface area contributed by atoms with Gasteiger partial charge in [-0.3, -0.25) is 19.2 Å². The van der Waals surface area contributed by atoms with Crippen LogP contribution in [-0.4, -0.2) is 86.9 Å². The van der Waals surface area contributed by atoms with Crippen molar-refractivity contribution >= 4 is 23.9 Å². The highest BCUT2D eigenvalue weighted by Crippen LogP contribution is 2.32. The molecule has 11 nitrogen and oxygen atoms in total. The first-order valence-corrected chi connectivity index (χ1v) is 12.4. The number of carboxylic acids is 2. The molecule has 2 rings (SSSR count). The van der Waals surface area contributed by atoms with E-state index in [2.05, 4.69) is 0 Å². The molecule has 11 heteroatoms. The number of ether oxygens (including phenoxy) is 5. The van der Waals surface area contributed by atoms with Gasteiger partial charge in [0.2, 0.25) is 0 Å². The van der Waals surface area contributed by atoms with Gasteiger partial charge in [0.25, 0.3) is 0 Å². The number of carbonyl (C=O) groups is 4. The molecule has 0 aromatic carbocycles. The van der Waals surface area contributed by atoms with Crippen molar-refractivity contribution in [3.8, 4) is 0 Å². The van der Waals surface area contributed by atoms with Crippen LogP contribution in [0.25, 0.3) is 0 Å². The highest BCUT2D eigenvalue weighted by molar-refractivity contribution is 5.82. The first-order chi connectivity index (χ1) is 16.9. The zero-order valence-electron chi connectivity index (χ0n) is 20.2. The van der Waals surface area contributed by atoms with E-state index in [0.717, 1.165) is 25.7 Å². The van der Waals surface area contributed by atoms with E-state index in [1.807, 2.05) is 0 Å². The second-order valence-electron chi connectivity index (χ2n) is 8.84. The number of carboxylic acid groups (broad SMARTS) is 2. The summed E-state index contributed by atoms with van der Waals surface area (Å²) in [6.45, 7) is 1.80. The zero-order chi connectivity index (χ0) is 25.5. The van der Waals surface area contributed by atoms with Crippen LogP contribution in [0.3, 0.4) is 0 Å². The standard InChI is InChI=1S/C24H38O11/c25-21(26)17-5-1-3-7-19(17)23(29)34-15-13-32-11-9-31-10-12-33-14-16-35-24(30)20-8-4-2-6-18(20)22(27)28/h17-20H,1-16H2,(H,25,26)(H,27,28). The van der Waals surface area contributed by atoms with E-state index in [0.29, 0.717) is 52.1 Å². The molecule has 0 amide bonds. The van der Waals surface area contributed by atoms with Gasteiger partial charge in [0.05, 0.1) is 63.3 Å². The molecule has 0 spiro atoms. The van der Waals surface area contributed by atoms with Crippen LogP contribution in [0.2, 0.25) is 0 Å². The molecule has 0 aliphatic heterocycles. The third-order valence-corrected chi connectivity index (χ3v) is 6.46. The Morgan fingerprint density at radius 3 is 1.09 bits per heavy atom. The minimum Gasteiger partial charge on any atom is -0.481 e. The molecule has 0 radical (unpaired) electrons. The number of hydrogen-bond acceptors (Lipinski definition) is 9. The summed E-state index contributed by atoms with van der Waals surface area (Å²) in [5, 5.41) is 18.5. The predicted molar refractivity (Wildman–Crippen MR) is 121 cm³/mol. The second-order valence-corrected chi connectivity index (χ2v) is 8.84. The molecule has 2 N–H and O–H groups in total. The summed E-state index contributed by atoms with van der Waals surface area (Å²) in [5.74, 6) is -5.33. The largest absolute Gasteiger partial charge is 0.481 e. The van der Waals surface area contributed by atoms with E-state index in [1.165, 1.54) is 0 Å². The van der Waals surface area contributed by atoms with Crippen molar-refractivity contribution in [3.05, 3.63) is 0 Å². The van der Waals surface area contributed by atoms with Crippen molar-refractivity contribution in [2.24, 2.45) is 23.7 Å². The van der Waals surface area contributed by atoms with Crippen molar-refractivity contribution in [3.63, 3.8) is 0 Å². The van der Waals surface area contributed by atoms with Gasteiger partial charge in [0.1, 0.15) is 13.2 Å². The highest BCUT2D eigenvalue weighted by atomic mass is 16.6. The van der Waals surface area contributed by atoms with Crippen LogP contribution in [0.4, 0.5) is 0 Å². The van der Waals surface area contributed by atoms with Crippen LogP contribution in [0.1, 0.15) is 51.4 Å². The fraction of sp³-hybridized carbons (Fsp3) is 0.833. The van der Waals surface area contributed by atoms with Gasteiger partial charge in [-0.15, -0.1) is 0 Å². The van der Waals surface area contributed by atoms with Crippen LogP contribution in [0.5, 0.6) is 0 Å². The Balaban J connectivity index is 1.40. The van der Waals surface area contributed by atoms with Gasteiger partial charge in [-0.2, -0.15) is 0 Å². The molecule has 0 bridgehead atoms. The molecule has 2 aliphatic carbocycles. The SMILES string of the molecule is O=C(O)C1CCCCC1C(=O)OCCOCCOCCOCCOC(=O)C1CCCCC1C(=O)O. The first kappa shape index (κ1) is 29.0. The molecule has 2 fully saturated rings. The van der Waals surface area contributed by atoms with Crippen LogP contribution in [0.15, 0.2) is 0 Å². The van der Waals surface area contributed by atoms with E-state index < -0.39 is 47.5 Å². The lowest BCUT2D eigenvalue weighted by molar-refractivity contribution is -0.160. The Kier molecular flexibility index (Phi) is 13.6. The van der Waals surface area contributed by atoms with Crippen molar-refractivity contribution < 1.29 is 53.1 Å². The molecule has 2 saturated carbocycles. The molecule has 0 aromatic rings. The van der Waals surface area contributed by atoms with Gasteiger partial charge in [-0.05, 0) is 25.7 Å². The maximum atomic E-state index is 12.1. The Bertz CT molecular complexity index is 624. The van der Waals surface area contributed by atoms with Crippen LogP contribution < -0.4 is 0 Å². The lowest BCUT2D eigenvalue weighted by atomic mass is 9.79. The smallest absolute Gasteiger partial charge is 0.309 e. The summed E-state index contributed by atoms with van der Waals surface area (Å²) in [6, 6.07) is 0. The first-order valence-electron chi connectivity index (χ1n) is 12.4. The number of esters is 2. The van der Waals surface area contributed by atoms with Gasteiger partial charge in [0, 0.05) is 0 Å². The van der Waals surface area contributed by atoms with Crippen LogP contribution in [0, 0.1) is 23.7 Å². The average Bonchev–Trinajstić information content (AvgIpc) is 2.86. The third-order valence-electron chi connectivity index (χ3n) is 6.46. The summed E-state index contributed by atoms with van der Waals surface area (Å²) in [7, 11) is 0. The quantitative estimate of drug-likeness (QED) is 0.235.